The zero-order valence-electron chi connectivity index (χ0n) is 16.6. The van der Waals surface area contributed by atoms with Crippen molar-refractivity contribution in [2.24, 2.45) is 0 Å². The molecule has 1 aliphatic heterocycles. The van der Waals surface area contributed by atoms with E-state index < -0.39 is 0 Å². The van der Waals surface area contributed by atoms with E-state index in [2.05, 4.69) is 18.3 Å². The lowest BCUT2D eigenvalue weighted by Crippen LogP contribution is -2.27. The molecule has 1 aliphatic rings. The van der Waals surface area contributed by atoms with E-state index in [1.54, 1.807) is 0 Å². The van der Waals surface area contributed by atoms with Crippen LogP contribution in [0.4, 0.5) is 0 Å². The fraction of sp³-hybridized carbons (Fsp3) is 0.261. The Morgan fingerprint density at radius 3 is 2.52 bits per heavy atom. The van der Waals surface area contributed by atoms with Gasteiger partial charge in [-0.1, -0.05) is 49.0 Å². The van der Waals surface area contributed by atoms with E-state index in [1.165, 1.54) is 35.6 Å². The van der Waals surface area contributed by atoms with Crippen molar-refractivity contribution in [1.29, 1.82) is 5.26 Å². The Labute approximate surface area is 179 Å². The maximum Gasteiger partial charge on any atom is 0.173 e. The summed E-state index contributed by atoms with van der Waals surface area (Å²) in [5.74, 6) is -0.216. The number of allylic oxidation sites excluding steroid dienone is 3. The molecule has 0 unspecified atom stereocenters. The Hall–Kier alpha value is -2.62. The maximum atomic E-state index is 12.6. The molecule has 1 atom stereocenters. The molecule has 148 valence electrons. The lowest BCUT2D eigenvalue weighted by Gasteiger charge is -2.28. The summed E-state index contributed by atoms with van der Waals surface area (Å²) in [4.78, 5) is 25.9. The third-order valence-corrected chi connectivity index (χ3v) is 6.84. The molecule has 0 fully saturated rings. The van der Waals surface area contributed by atoms with Crippen molar-refractivity contribution in [3.63, 3.8) is 0 Å². The molecule has 1 aromatic carbocycles. The predicted molar refractivity (Wildman–Crippen MR) is 119 cm³/mol. The highest BCUT2D eigenvalue weighted by atomic mass is 32.2. The number of nitrogens with one attached hydrogen (secondary N) is 1. The number of rotatable bonds is 7. The largest absolute Gasteiger partial charge is 0.353 e. The number of benzene rings is 1. The van der Waals surface area contributed by atoms with Gasteiger partial charge in [-0.15, -0.1) is 11.3 Å². The summed E-state index contributed by atoms with van der Waals surface area (Å²) < 4.78 is 0. The van der Waals surface area contributed by atoms with Gasteiger partial charge in [0.15, 0.2) is 11.6 Å². The van der Waals surface area contributed by atoms with Crippen molar-refractivity contribution in [2.75, 3.05) is 5.75 Å². The molecule has 0 saturated heterocycles. The molecule has 0 amide bonds. The number of thioether (sulfide) groups is 1. The van der Waals surface area contributed by atoms with Gasteiger partial charge in [0.1, 0.15) is 0 Å². The number of thiophene rings is 1. The molecule has 0 bridgehead atoms. The van der Waals surface area contributed by atoms with Gasteiger partial charge < -0.3 is 5.32 Å². The minimum Gasteiger partial charge on any atom is -0.353 e. The van der Waals surface area contributed by atoms with Crippen LogP contribution in [0, 0.1) is 11.3 Å². The Kier molecular flexibility index (Phi) is 6.73. The normalized spacial score (nSPS) is 16.4. The van der Waals surface area contributed by atoms with Crippen molar-refractivity contribution >= 4 is 34.7 Å². The molecule has 6 heteroatoms. The highest BCUT2D eigenvalue weighted by molar-refractivity contribution is 8.03. The van der Waals surface area contributed by atoms with Crippen molar-refractivity contribution < 1.29 is 9.59 Å². The molecule has 3 rings (SSSR count). The van der Waals surface area contributed by atoms with Gasteiger partial charge in [-0.25, -0.2) is 0 Å². The third kappa shape index (κ3) is 4.52. The van der Waals surface area contributed by atoms with Gasteiger partial charge in [-0.2, -0.15) is 5.26 Å². The molecule has 0 radical (unpaired) electrons. The van der Waals surface area contributed by atoms with E-state index in [-0.39, 0.29) is 23.2 Å². The van der Waals surface area contributed by atoms with Crippen molar-refractivity contribution in [3.05, 3.63) is 79.7 Å². The second-order valence-corrected chi connectivity index (χ2v) is 8.75. The van der Waals surface area contributed by atoms with Crippen LogP contribution in [-0.2, 0) is 11.2 Å². The highest BCUT2D eigenvalue weighted by Gasteiger charge is 2.33. The standard InChI is InChI=1S/C23H22N2O2S2/c1-4-16-7-9-17(10-8-16)19(27)13-29-23-18(12-24)22(20-6-5-11-28-20)21(15(3)26)14(2)25-23/h5-11,22,25H,4,13H2,1-3H3/t22-/m0/s1. The molecule has 1 aromatic heterocycles. The van der Waals surface area contributed by atoms with Crippen LogP contribution in [0.5, 0.6) is 0 Å². The van der Waals surface area contributed by atoms with Crippen LogP contribution in [0.3, 0.4) is 0 Å². The van der Waals surface area contributed by atoms with Gasteiger partial charge in [0.05, 0.1) is 28.3 Å². The SMILES string of the molecule is CCc1ccc(C(=O)CSC2=C(C#N)[C@@H](c3cccs3)C(C(C)=O)=C(C)N2)cc1. The average Bonchev–Trinajstić information content (AvgIpc) is 3.25. The molecule has 29 heavy (non-hydrogen) atoms. The van der Waals surface area contributed by atoms with Crippen molar-refractivity contribution in [2.45, 2.75) is 33.1 Å². The summed E-state index contributed by atoms with van der Waals surface area (Å²) >= 11 is 2.84. The first kappa shape index (κ1) is 21.1. The number of Topliss-reactive ketones (excluding diaryl/α,β-unsaturated/α-hetero) is 2. The van der Waals surface area contributed by atoms with E-state index in [0.29, 0.717) is 21.7 Å². The fourth-order valence-corrected chi connectivity index (χ4v) is 5.21. The predicted octanol–water partition coefficient (Wildman–Crippen LogP) is 5.21. The van der Waals surface area contributed by atoms with Gasteiger partial charge in [0, 0.05) is 21.7 Å². The molecule has 4 nitrogen and oxygen atoms in total. The van der Waals surface area contributed by atoms with E-state index in [1.807, 2.05) is 48.7 Å². The second-order valence-electron chi connectivity index (χ2n) is 6.79. The number of carbonyl (C=O) groups is 2. The molecule has 0 saturated carbocycles. The number of dihydropyridines is 1. The summed E-state index contributed by atoms with van der Waals surface area (Å²) in [5, 5.41) is 15.7. The van der Waals surface area contributed by atoms with Crippen LogP contribution in [-0.4, -0.2) is 17.3 Å². The van der Waals surface area contributed by atoms with Gasteiger partial charge in [-0.3, -0.25) is 9.59 Å². The van der Waals surface area contributed by atoms with Crippen LogP contribution in [0.25, 0.3) is 0 Å². The number of nitrogens with zero attached hydrogens (tertiary/aromatic N) is 1. The third-order valence-electron chi connectivity index (χ3n) is 4.89. The minimum atomic E-state index is -0.389. The number of nitriles is 1. The monoisotopic (exact) mass is 422 g/mol. The van der Waals surface area contributed by atoms with E-state index in [9.17, 15) is 14.9 Å². The van der Waals surface area contributed by atoms with Crippen LogP contribution >= 0.6 is 23.1 Å². The smallest absolute Gasteiger partial charge is 0.173 e. The van der Waals surface area contributed by atoms with E-state index in [0.717, 1.165) is 17.0 Å². The van der Waals surface area contributed by atoms with Crippen LogP contribution in [0.15, 0.2) is 63.7 Å². The first-order valence-corrected chi connectivity index (χ1v) is 11.2. The lowest BCUT2D eigenvalue weighted by atomic mass is 9.85. The first-order valence-electron chi connectivity index (χ1n) is 9.37. The number of aryl methyl sites for hydroxylation is 1. The maximum absolute atomic E-state index is 12.6. The van der Waals surface area contributed by atoms with E-state index in [4.69, 9.17) is 0 Å². The average molecular weight is 423 g/mol. The molecule has 0 aliphatic carbocycles. The summed E-state index contributed by atoms with van der Waals surface area (Å²) in [6.07, 6.45) is 0.930. The molecule has 2 aromatic rings. The summed E-state index contributed by atoms with van der Waals surface area (Å²) in [7, 11) is 0. The minimum absolute atomic E-state index is 0.0101. The molecular weight excluding hydrogens is 400 g/mol. The zero-order valence-corrected chi connectivity index (χ0v) is 18.2. The summed E-state index contributed by atoms with van der Waals surface area (Å²) in [6, 6.07) is 13.8. The Balaban J connectivity index is 1.87. The van der Waals surface area contributed by atoms with Gasteiger partial charge in [-0.05, 0) is 37.3 Å². The number of carbonyl (C=O) groups excluding carboxylic acids is 2. The van der Waals surface area contributed by atoms with Crippen molar-refractivity contribution in [1.82, 2.24) is 5.32 Å². The quantitative estimate of drug-likeness (QED) is 0.620. The summed E-state index contributed by atoms with van der Waals surface area (Å²) in [6.45, 7) is 5.45. The zero-order chi connectivity index (χ0) is 21.0. The number of ketones is 2. The van der Waals surface area contributed by atoms with Crippen molar-refractivity contribution in [3.8, 4) is 6.07 Å². The molecular formula is C23H22N2O2S2. The lowest BCUT2D eigenvalue weighted by molar-refractivity contribution is -0.113. The Bertz CT molecular complexity index is 1030. The highest BCUT2D eigenvalue weighted by Crippen LogP contribution is 2.42. The fourth-order valence-electron chi connectivity index (χ4n) is 3.38. The summed E-state index contributed by atoms with van der Waals surface area (Å²) in [5.41, 5.74) is 3.68. The van der Waals surface area contributed by atoms with E-state index >= 15 is 0 Å². The number of hydrogen-bond donors (Lipinski definition) is 1. The first-order chi connectivity index (χ1) is 14.0. The van der Waals surface area contributed by atoms with Crippen LogP contribution < -0.4 is 5.32 Å². The second kappa shape index (κ2) is 9.25. The van der Waals surface area contributed by atoms with Gasteiger partial charge in [0.2, 0.25) is 0 Å². The van der Waals surface area contributed by atoms with Crippen LogP contribution in [0.2, 0.25) is 0 Å². The van der Waals surface area contributed by atoms with Gasteiger partial charge >= 0.3 is 0 Å². The van der Waals surface area contributed by atoms with Crippen LogP contribution in [0.1, 0.15) is 47.5 Å². The molecule has 0 spiro atoms. The number of hydrogen-bond acceptors (Lipinski definition) is 6. The Morgan fingerprint density at radius 1 is 1.24 bits per heavy atom. The molecule has 1 N–H and O–H groups in total. The van der Waals surface area contributed by atoms with Gasteiger partial charge in [0.25, 0.3) is 0 Å². The molecule has 2 heterocycles. The Morgan fingerprint density at radius 2 is 1.97 bits per heavy atom. The topological polar surface area (TPSA) is 70.0 Å².